The summed E-state index contributed by atoms with van der Waals surface area (Å²) in [7, 11) is 1.91. The second-order valence-electron chi connectivity index (χ2n) is 7.95. The Morgan fingerprint density at radius 1 is 1.17 bits per heavy atom. The number of hydrogen-bond donors (Lipinski definition) is 0. The Kier molecular flexibility index (Phi) is 6.51. The van der Waals surface area contributed by atoms with Crippen LogP contribution < -0.4 is 0 Å². The maximum Gasteiger partial charge on any atom is 0.223 e. The number of rotatable bonds is 6. The maximum atomic E-state index is 13.2. The van der Waals surface area contributed by atoms with Gasteiger partial charge in [0.2, 0.25) is 5.91 Å². The number of aryl methyl sites for hydroxylation is 2. The van der Waals surface area contributed by atoms with Crippen LogP contribution in [0, 0.1) is 0 Å². The van der Waals surface area contributed by atoms with E-state index in [1.165, 1.54) is 19.3 Å². The molecule has 156 valence electrons. The zero-order valence-corrected chi connectivity index (χ0v) is 17.1. The van der Waals surface area contributed by atoms with E-state index in [4.69, 9.17) is 4.74 Å². The molecule has 8 heteroatoms. The quantitative estimate of drug-likeness (QED) is 0.736. The molecule has 2 aromatic heterocycles. The third-order valence-electron chi connectivity index (χ3n) is 5.84. The summed E-state index contributed by atoms with van der Waals surface area (Å²) in [4.78, 5) is 26.0. The van der Waals surface area contributed by atoms with E-state index in [0.717, 1.165) is 30.9 Å². The summed E-state index contributed by atoms with van der Waals surface area (Å²) >= 11 is 0. The molecule has 0 aliphatic carbocycles. The van der Waals surface area contributed by atoms with E-state index in [2.05, 4.69) is 20.0 Å². The molecule has 4 rings (SSSR count). The first kappa shape index (κ1) is 20.0. The molecule has 0 N–H and O–H groups in total. The van der Waals surface area contributed by atoms with Gasteiger partial charge in [0.05, 0.1) is 30.6 Å². The second-order valence-corrected chi connectivity index (χ2v) is 7.95. The molecule has 2 atom stereocenters. The van der Waals surface area contributed by atoms with Crippen molar-refractivity contribution in [2.24, 2.45) is 7.05 Å². The average molecular weight is 399 g/mol. The molecule has 0 unspecified atom stereocenters. The number of hydrogen-bond acceptors (Lipinski definition) is 6. The van der Waals surface area contributed by atoms with Crippen LogP contribution in [0.4, 0.5) is 0 Å². The fourth-order valence-corrected chi connectivity index (χ4v) is 4.39. The molecule has 0 aromatic carbocycles. The Morgan fingerprint density at radius 3 is 2.76 bits per heavy atom. The Hall–Kier alpha value is -2.32. The first-order chi connectivity index (χ1) is 14.2. The minimum Gasteiger partial charge on any atom is -0.373 e. The van der Waals surface area contributed by atoms with Gasteiger partial charge in [-0.3, -0.25) is 19.4 Å². The predicted octanol–water partition coefficient (Wildman–Crippen LogP) is 1.60. The van der Waals surface area contributed by atoms with Crippen molar-refractivity contribution < 1.29 is 9.53 Å². The van der Waals surface area contributed by atoms with Crippen molar-refractivity contribution in [1.82, 2.24) is 29.5 Å². The van der Waals surface area contributed by atoms with E-state index < -0.39 is 0 Å². The highest BCUT2D eigenvalue weighted by Gasteiger charge is 2.38. The van der Waals surface area contributed by atoms with Crippen LogP contribution in [-0.2, 0) is 23.0 Å². The molecule has 8 nitrogen and oxygen atoms in total. The predicted molar refractivity (Wildman–Crippen MR) is 108 cm³/mol. The van der Waals surface area contributed by atoms with Gasteiger partial charge in [0.15, 0.2) is 0 Å². The van der Waals surface area contributed by atoms with Crippen LogP contribution in [0.5, 0.6) is 0 Å². The van der Waals surface area contributed by atoms with Gasteiger partial charge in [-0.05, 0) is 32.4 Å². The minimum atomic E-state index is -0.103. The van der Waals surface area contributed by atoms with E-state index in [9.17, 15) is 4.79 Å². The first-order valence-corrected chi connectivity index (χ1v) is 10.6. The van der Waals surface area contributed by atoms with Crippen molar-refractivity contribution in [3.05, 3.63) is 42.2 Å². The summed E-state index contributed by atoms with van der Waals surface area (Å²) in [5.41, 5.74) is 1.89. The van der Waals surface area contributed by atoms with Gasteiger partial charge in [-0.1, -0.05) is 6.42 Å². The lowest BCUT2D eigenvalue weighted by atomic mass is 9.98. The third-order valence-corrected chi connectivity index (χ3v) is 5.84. The highest BCUT2D eigenvalue weighted by molar-refractivity contribution is 5.77. The largest absolute Gasteiger partial charge is 0.373 e. The highest BCUT2D eigenvalue weighted by Crippen LogP contribution is 2.31. The molecule has 4 heterocycles. The number of morpholine rings is 1. The van der Waals surface area contributed by atoms with Gasteiger partial charge in [-0.2, -0.15) is 5.10 Å². The van der Waals surface area contributed by atoms with Crippen LogP contribution >= 0.6 is 0 Å². The van der Waals surface area contributed by atoms with Crippen LogP contribution in [0.2, 0.25) is 0 Å². The smallest absolute Gasteiger partial charge is 0.223 e. The molecule has 1 amide bonds. The van der Waals surface area contributed by atoms with Gasteiger partial charge < -0.3 is 14.5 Å². The average Bonchev–Trinajstić information content (AvgIpc) is 3.19. The lowest BCUT2D eigenvalue weighted by molar-refractivity contribution is -0.148. The van der Waals surface area contributed by atoms with Gasteiger partial charge in [0.1, 0.15) is 0 Å². The normalized spacial score (nSPS) is 23.3. The molecule has 0 saturated carbocycles. The maximum absolute atomic E-state index is 13.2. The summed E-state index contributed by atoms with van der Waals surface area (Å²) in [5, 5.41) is 4.35. The topological polar surface area (TPSA) is 76.4 Å². The van der Waals surface area contributed by atoms with Gasteiger partial charge in [0.25, 0.3) is 0 Å². The fourth-order valence-electron chi connectivity index (χ4n) is 4.39. The summed E-state index contributed by atoms with van der Waals surface area (Å²) in [6.07, 6.45) is 13.7. The lowest BCUT2D eigenvalue weighted by Gasteiger charge is -2.43. The number of amides is 1. The van der Waals surface area contributed by atoms with Crippen LogP contribution in [0.1, 0.15) is 43.0 Å². The summed E-state index contributed by atoms with van der Waals surface area (Å²) in [6, 6.07) is -0.103. The summed E-state index contributed by atoms with van der Waals surface area (Å²) in [6.45, 7) is 4.26. The van der Waals surface area contributed by atoms with Crippen LogP contribution in [0.15, 0.2) is 31.0 Å². The van der Waals surface area contributed by atoms with Gasteiger partial charge in [0, 0.05) is 56.9 Å². The van der Waals surface area contributed by atoms with Crippen LogP contribution in [0.25, 0.3) is 0 Å². The Balaban J connectivity index is 1.49. The molecule has 2 aliphatic rings. The molecule has 2 aromatic rings. The second kappa shape index (κ2) is 9.45. The zero-order chi connectivity index (χ0) is 20.1. The van der Waals surface area contributed by atoms with Crippen LogP contribution in [0.3, 0.4) is 0 Å². The number of ether oxygens (including phenoxy) is 1. The number of likely N-dealkylation sites (tertiary alicyclic amines) is 1. The Bertz CT molecular complexity index is 789. The zero-order valence-electron chi connectivity index (χ0n) is 17.1. The van der Waals surface area contributed by atoms with Crippen molar-refractivity contribution in [3.8, 4) is 0 Å². The van der Waals surface area contributed by atoms with Gasteiger partial charge >= 0.3 is 0 Å². The van der Waals surface area contributed by atoms with Gasteiger partial charge in [-0.25, -0.2) is 0 Å². The Morgan fingerprint density at radius 2 is 2.03 bits per heavy atom. The molecule has 0 bridgehead atoms. The van der Waals surface area contributed by atoms with Crippen LogP contribution in [-0.4, -0.2) is 74.3 Å². The van der Waals surface area contributed by atoms with Gasteiger partial charge in [-0.15, -0.1) is 0 Å². The molecular weight excluding hydrogens is 368 g/mol. The number of carbonyl (C=O) groups excluding carboxylic acids is 1. The van der Waals surface area contributed by atoms with E-state index >= 15 is 0 Å². The van der Waals surface area contributed by atoms with E-state index in [-0.39, 0.29) is 18.1 Å². The fraction of sp³-hybridized carbons (Fsp3) is 0.619. The number of aromatic nitrogens is 4. The van der Waals surface area contributed by atoms with Crippen molar-refractivity contribution >= 4 is 5.91 Å². The molecule has 29 heavy (non-hydrogen) atoms. The molecular formula is C21H30N6O2. The number of piperidine rings is 1. The molecule has 0 spiro atoms. The lowest BCUT2D eigenvalue weighted by Crippen LogP contribution is -2.52. The number of carbonyl (C=O) groups is 1. The van der Waals surface area contributed by atoms with E-state index in [1.54, 1.807) is 23.3 Å². The number of nitrogens with zero attached hydrogens (tertiary/aromatic N) is 6. The SMILES string of the molecule is Cn1cc([C@H]2[C@H](CN3CCCCC3)OCCN2C(=O)CCc2cnccn2)cn1. The monoisotopic (exact) mass is 398 g/mol. The molecule has 0 radical (unpaired) electrons. The standard InChI is InChI=1S/C21H30N6O2/c1-25-15-17(13-24-25)21-19(16-26-9-3-2-4-10-26)29-12-11-27(21)20(28)6-5-18-14-22-7-8-23-18/h7-8,13-15,19,21H,2-6,9-12,16H2,1H3/t19-,21-/m0/s1. The van der Waals surface area contributed by atoms with Crippen molar-refractivity contribution in [3.63, 3.8) is 0 Å². The van der Waals surface area contributed by atoms with E-state index in [1.807, 2.05) is 24.3 Å². The first-order valence-electron chi connectivity index (χ1n) is 10.6. The van der Waals surface area contributed by atoms with E-state index in [0.29, 0.717) is 26.0 Å². The van der Waals surface area contributed by atoms with Crippen molar-refractivity contribution in [1.29, 1.82) is 0 Å². The molecule has 2 aliphatic heterocycles. The summed E-state index contributed by atoms with van der Waals surface area (Å²) < 4.78 is 8.00. The molecule has 2 fully saturated rings. The minimum absolute atomic E-state index is 0.0356. The molecule has 2 saturated heterocycles. The summed E-state index contributed by atoms with van der Waals surface area (Å²) in [5.74, 6) is 0.136. The highest BCUT2D eigenvalue weighted by atomic mass is 16.5. The van der Waals surface area contributed by atoms with Crippen molar-refractivity contribution in [2.45, 2.75) is 44.2 Å². The van der Waals surface area contributed by atoms with Crippen molar-refractivity contribution in [2.75, 3.05) is 32.8 Å². The third kappa shape index (κ3) is 5.00. The Labute approximate surface area is 171 Å².